The summed E-state index contributed by atoms with van der Waals surface area (Å²) in [4.78, 5) is 11.5. The highest BCUT2D eigenvalue weighted by molar-refractivity contribution is 7.89. The van der Waals surface area contributed by atoms with Gasteiger partial charge in [0.25, 0.3) is 0 Å². The molecule has 7 nitrogen and oxygen atoms in total. The van der Waals surface area contributed by atoms with E-state index in [1.54, 1.807) is 6.07 Å². The van der Waals surface area contributed by atoms with Crippen molar-refractivity contribution >= 4 is 21.6 Å². The SMILES string of the molecule is N#Cc1cccc(NC(=O)CNS(=O)(=O)c2ccc(OC(F)(F)F)cc2)c1. The van der Waals surface area contributed by atoms with Gasteiger partial charge in [-0.05, 0) is 42.5 Å². The van der Waals surface area contributed by atoms with Crippen LogP contribution in [0.4, 0.5) is 18.9 Å². The summed E-state index contributed by atoms with van der Waals surface area (Å²) in [6, 6.07) is 11.4. The fraction of sp³-hybridized carbons (Fsp3) is 0.125. The van der Waals surface area contributed by atoms with E-state index in [1.807, 2.05) is 10.8 Å². The third kappa shape index (κ3) is 6.28. The van der Waals surface area contributed by atoms with Crippen molar-refractivity contribution in [1.82, 2.24) is 4.72 Å². The number of hydrogen-bond donors (Lipinski definition) is 2. The van der Waals surface area contributed by atoms with Gasteiger partial charge in [-0.25, -0.2) is 13.1 Å². The normalized spacial score (nSPS) is 11.5. The molecule has 0 radical (unpaired) electrons. The van der Waals surface area contributed by atoms with Crippen molar-refractivity contribution < 1.29 is 31.1 Å². The summed E-state index contributed by atoms with van der Waals surface area (Å²) >= 11 is 0. The Morgan fingerprint density at radius 3 is 2.41 bits per heavy atom. The third-order valence-corrected chi connectivity index (χ3v) is 4.48. The first-order valence-electron chi connectivity index (χ1n) is 7.24. The summed E-state index contributed by atoms with van der Waals surface area (Å²) in [7, 11) is -4.12. The minimum atomic E-state index is -4.89. The van der Waals surface area contributed by atoms with Crippen LogP contribution in [0.2, 0.25) is 0 Å². The second-order valence-electron chi connectivity index (χ2n) is 5.08. The smallest absolute Gasteiger partial charge is 0.406 e. The predicted molar refractivity (Wildman–Crippen MR) is 88.1 cm³/mol. The van der Waals surface area contributed by atoms with Gasteiger partial charge < -0.3 is 10.1 Å². The van der Waals surface area contributed by atoms with Crippen molar-refractivity contribution in [2.75, 3.05) is 11.9 Å². The Morgan fingerprint density at radius 2 is 1.81 bits per heavy atom. The number of ether oxygens (including phenoxy) is 1. The van der Waals surface area contributed by atoms with Crippen LogP contribution in [-0.4, -0.2) is 27.2 Å². The Kier molecular flexibility index (Phi) is 6.04. The molecule has 1 amide bonds. The van der Waals surface area contributed by atoms with E-state index in [0.717, 1.165) is 24.3 Å². The van der Waals surface area contributed by atoms with E-state index in [0.29, 0.717) is 11.3 Å². The molecule has 27 heavy (non-hydrogen) atoms. The van der Waals surface area contributed by atoms with Gasteiger partial charge in [0.15, 0.2) is 0 Å². The van der Waals surface area contributed by atoms with Crippen LogP contribution in [0.1, 0.15) is 5.56 Å². The molecule has 0 saturated carbocycles. The predicted octanol–water partition coefficient (Wildman–Crippen LogP) is 2.37. The monoisotopic (exact) mass is 399 g/mol. The van der Waals surface area contributed by atoms with Gasteiger partial charge in [0.2, 0.25) is 15.9 Å². The number of benzene rings is 2. The molecule has 0 atom stereocenters. The van der Waals surface area contributed by atoms with Crippen LogP contribution in [0.15, 0.2) is 53.4 Å². The molecule has 2 aromatic carbocycles. The number of carbonyl (C=O) groups excluding carboxylic acids is 1. The van der Waals surface area contributed by atoms with Crippen molar-refractivity contribution in [1.29, 1.82) is 5.26 Å². The summed E-state index contributed by atoms with van der Waals surface area (Å²) < 4.78 is 66.1. The largest absolute Gasteiger partial charge is 0.573 e. The van der Waals surface area contributed by atoms with Gasteiger partial charge in [0, 0.05) is 5.69 Å². The number of nitrogens with zero attached hydrogens (tertiary/aromatic N) is 1. The molecule has 2 N–H and O–H groups in total. The average Bonchev–Trinajstić information content (AvgIpc) is 2.59. The van der Waals surface area contributed by atoms with Crippen LogP contribution in [0.3, 0.4) is 0 Å². The van der Waals surface area contributed by atoms with E-state index < -0.39 is 34.6 Å². The number of halogens is 3. The molecule has 0 aromatic heterocycles. The number of anilines is 1. The number of hydrogen-bond acceptors (Lipinski definition) is 5. The maximum absolute atomic E-state index is 12.1. The molecule has 0 unspecified atom stereocenters. The topological polar surface area (TPSA) is 108 Å². The van der Waals surface area contributed by atoms with Crippen molar-refractivity contribution in [3.63, 3.8) is 0 Å². The minimum absolute atomic E-state index is 0.312. The summed E-state index contributed by atoms with van der Waals surface area (Å²) in [6.07, 6.45) is -4.89. The molecule has 0 aliphatic heterocycles. The van der Waals surface area contributed by atoms with Crippen molar-refractivity contribution in [3.8, 4) is 11.8 Å². The van der Waals surface area contributed by atoms with Crippen molar-refractivity contribution in [3.05, 3.63) is 54.1 Å². The van der Waals surface area contributed by atoms with Crippen LogP contribution in [0, 0.1) is 11.3 Å². The van der Waals surface area contributed by atoms with E-state index >= 15 is 0 Å². The van der Waals surface area contributed by atoms with E-state index in [4.69, 9.17) is 5.26 Å². The second-order valence-corrected chi connectivity index (χ2v) is 6.85. The summed E-state index contributed by atoms with van der Waals surface area (Å²) in [5, 5.41) is 11.2. The van der Waals surface area contributed by atoms with Crippen molar-refractivity contribution in [2.24, 2.45) is 0 Å². The van der Waals surface area contributed by atoms with Crippen LogP contribution in [0.5, 0.6) is 5.75 Å². The highest BCUT2D eigenvalue weighted by atomic mass is 32.2. The number of nitriles is 1. The lowest BCUT2D eigenvalue weighted by atomic mass is 10.2. The first-order chi connectivity index (χ1) is 12.6. The Hall–Kier alpha value is -3.10. The lowest BCUT2D eigenvalue weighted by Crippen LogP contribution is -2.32. The van der Waals surface area contributed by atoms with Gasteiger partial charge in [-0.15, -0.1) is 13.2 Å². The van der Waals surface area contributed by atoms with Gasteiger partial charge in [-0.3, -0.25) is 4.79 Å². The quantitative estimate of drug-likeness (QED) is 0.775. The number of rotatable bonds is 6. The molecule has 0 aliphatic rings. The standard InChI is InChI=1S/C16H12F3N3O4S/c17-16(18,19)26-13-4-6-14(7-5-13)27(24,25)21-10-15(23)22-12-3-1-2-11(8-12)9-20/h1-8,21H,10H2,(H,22,23). The maximum atomic E-state index is 12.1. The summed E-state index contributed by atoms with van der Waals surface area (Å²) in [6.45, 7) is -0.611. The summed E-state index contributed by atoms with van der Waals surface area (Å²) in [5.41, 5.74) is 0.626. The number of nitrogens with one attached hydrogen (secondary N) is 2. The second kappa shape index (κ2) is 8.07. The lowest BCUT2D eigenvalue weighted by Gasteiger charge is -2.10. The molecule has 2 aromatic rings. The van der Waals surface area contributed by atoms with Gasteiger partial charge in [-0.2, -0.15) is 5.26 Å². The van der Waals surface area contributed by atoms with Crippen molar-refractivity contribution in [2.45, 2.75) is 11.3 Å². The fourth-order valence-corrected chi connectivity index (χ4v) is 2.92. The average molecular weight is 399 g/mol. The van der Waals surface area contributed by atoms with Gasteiger partial charge in [0.05, 0.1) is 23.1 Å². The Bertz CT molecular complexity index is 968. The molecule has 11 heteroatoms. The molecule has 0 spiro atoms. The Labute approximate surface area is 152 Å². The van der Waals surface area contributed by atoms with E-state index in [9.17, 15) is 26.4 Å². The van der Waals surface area contributed by atoms with E-state index in [1.165, 1.54) is 18.2 Å². The Balaban J connectivity index is 1.97. The molecule has 0 heterocycles. The molecule has 142 valence electrons. The zero-order valence-electron chi connectivity index (χ0n) is 13.4. The molecule has 2 rings (SSSR count). The molecule has 0 fully saturated rings. The minimum Gasteiger partial charge on any atom is -0.406 e. The first-order valence-corrected chi connectivity index (χ1v) is 8.73. The number of alkyl halides is 3. The van der Waals surface area contributed by atoms with Crippen LogP contribution in [0.25, 0.3) is 0 Å². The van der Waals surface area contributed by atoms with Gasteiger partial charge in [-0.1, -0.05) is 6.07 Å². The summed E-state index contributed by atoms with van der Waals surface area (Å²) in [5.74, 6) is -1.26. The zero-order valence-corrected chi connectivity index (χ0v) is 14.3. The van der Waals surface area contributed by atoms with E-state index in [2.05, 4.69) is 10.1 Å². The molecular formula is C16H12F3N3O4S. The van der Waals surface area contributed by atoms with Crippen LogP contribution < -0.4 is 14.8 Å². The third-order valence-electron chi connectivity index (χ3n) is 3.07. The first kappa shape index (κ1) is 20.2. The lowest BCUT2D eigenvalue weighted by molar-refractivity contribution is -0.274. The molecule has 0 aliphatic carbocycles. The van der Waals surface area contributed by atoms with E-state index in [-0.39, 0.29) is 4.90 Å². The van der Waals surface area contributed by atoms with Crippen LogP contribution >= 0.6 is 0 Å². The molecular weight excluding hydrogens is 387 g/mol. The maximum Gasteiger partial charge on any atom is 0.573 e. The highest BCUT2D eigenvalue weighted by Crippen LogP contribution is 2.23. The fourth-order valence-electron chi connectivity index (χ4n) is 1.94. The number of amides is 1. The number of sulfonamides is 1. The number of carbonyl (C=O) groups is 1. The Morgan fingerprint density at radius 1 is 1.15 bits per heavy atom. The highest BCUT2D eigenvalue weighted by Gasteiger charge is 2.31. The van der Waals surface area contributed by atoms with Gasteiger partial charge in [0.1, 0.15) is 5.75 Å². The zero-order chi connectivity index (χ0) is 20.1. The van der Waals surface area contributed by atoms with Crippen LogP contribution in [-0.2, 0) is 14.8 Å². The van der Waals surface area contributed by atoms with Gasteiger partial charge >= 0.3 is 6.36 Å². The molecule has 0 bridgehead atoms. The molecule has 0 saturated heterocycles.